The van der Waals surface area contributed by atoms with Gasteiger partial charge in [0.2, 0.25) is 0 Å². The minimum Gasteiger partial charge on any atom is -0.396 e. The van der Waals surface area contributed by atoms with E-state index < -0.39 is 11.6 Å². The number of hydrogen-bond donors (Lipinski definition) is 1. The molecule has 0 heterocycles. The second kappa shape index (κ2) is 5.21. The van der Waals surface area contributed by atoms with E-state index in [1.165, 1.54) is 12.1 Å². The van der Waals surface area contributed by atoms with Crippen LogP contribution >= 0.6 is 0 Å². The molecule has 1 atom stereocenters. The Morgan fingerprint density at radius 1 is 1.13 bits per heavy atom. The highest BCUT2D eigenvalue weighted by molar-refractivity contribution is 5.22. The predicted octanol–water partition coefficient (Wildman–Crippen LogP) is 3.09. The fourth-order valence-electron chi connectivity index (χ4n) is 1.81. The van der Waals surface area contributed by atoms with Gasteiger partial charge in [-0.25, -0.2) is 8.78 Å². The van der Waals surface area contributed by atoms with Crippen LogP contribution in [0, 0.1) is 17.6 Å². The van der Waals surface area contributed by atoms with Crippen LogP contribution in [0.2, 0.25) is 0 Å². The largest absolute Gasteiger partial charge is 0.396 e. The topological polar surface area (TPSA) is 20.2 Å². The molecule has 1 N–H and O–H groups in total. The standard InChI is InChI=1S/C12H16F2O/c1-8(2)12(3-4-15)9-5-10(13)7-11(14)6-9/h5-8,12,15H,3-4H2,1-2H3. The van der Waals surface area contributed by atoms with Gasteiger partial charge in [-0.1, -0.05) is 13.8 Å². The van der Waals surface area contributed by atoms with Crippen molar-refractivity contribution in [1.82, 2.24) is 0 Å². The van der Waals surface area contributed by atoms with E-state index in [0.29, 0.717) is 12.0 Å². The van der Waals surface area contributed by atoms with Crippen molar-refractivity contribution in [3.05, 3.63) is 35.4 Å². The van der Waals surface area contributed by atoms with Gasteiger partial charge in [-0.15, -0.1) is 0 Å². The number of halogens is 2. The second-order valence-corrected chi connectivity index (χ2v) is 4.07. The molecule has 1 rings (SSSR count). The maximum atomic E-state index is 13.0. The van der Waals surface area contributed by atoms with E-state index >= 15 is 0 Å². The van der Waals surface area contributed by atoms with Crippen LogP contribution in [0.15, 0.2) is 18.2 Å². The molecule has 0 bridgehead atoms. The molecule has 0 fully saturated rings. The highest BCUT2D eigenvalue weighted by Gasteiger charge is 2.16. The minimum absolute atomic E-state index is 0.000185. The first-order valence-corrected chi connectivity index (χ1v) is 5.11. The van der Waals surface area contributed by atoms with Gasteiger partial charge in [0, 0.05) is 12.7 Å². The summed E-state index contributed by atoms with van der Waals surface area (Å²) in [5.74, 6) is -0.874. The summed E-state index contributed by atoms with van der Waals surface area (Å²) >= 11 is 0. The van der Waals surface area contributed by atoms with Crippen molar-refractivity contribution in [3.63, 3.8) is 0 Å². The van der Waals surface area contributed by atoms with E-state index in [1.54, 1.807) is 0 Å². The summed E-state index contributed by atoms with van der Waals surface area (Å²) in [5.41, 5.74) is 0.622. The Morgan fingerprint density at radius 3 is 2.07 bits per heavy atom. The zero-order chi connectivity index (χ0) is 11.4. The van der Waals surface area contributed by atoms with Gasteiger partial charge in [0.25, 0.3) is 0 Å². The van der Waals surface area contributed by atoms with Gasteiger partial charge in [0.15, 0.2) is 0 Å². The molecule has 0 radical (unpaired) electrons. The van der Waals surface area contributed by atoms with E-state index in [0.717, 1.165) is 6.07 Å². The molecule has 0 saturated heterocycles. The number of aliphatic hydroxyl groups excluding tert-OH is 1. The lowest BCUT2D eigenvalue weighted by Crippen LogP contribution is -2.09. The molecule has 84 valence electrons. The molecule has 0 amide bonds. The Morgan fingerprint density at radius 2 is 1.67 bits per heavy atom. The van der Waals surface area contributed by atoms with Crippen molar-refractivity contribution in [1.29, 1.82) is 0 Å². The molecule has 3 heteroatoms. The zero-order valence-corrected chi connectivity index (χ0v) is 9.00. The van der Waals surface area contributed by atoms with Crippen LogP contribution in [0.25, 0.3) is 0 Å². The van der Waals surface area contributed by atoms with Gasteiger partial charge in [0.1, 0.15) is 11.6 Å². The van der Waals surface area contributed by atoms with Crippen molar-refractivity contribution in [2.75, 3.05) is 6.61 Å². The lowest BCUT2D eigenvalue weighted by atomic mass is 9.86. The van der Waals surface area contributed by atoms with Gasteiger partial charge in [-0.2, -0.15) is 0 Å². The highest BCUT2D eigenvalue weighted by Crippen LogP contribution is 2.28. The van der Waals surface area contributed by atoms with Gasteiger partial charge in [-0.3, -0.25) is 0 Å². The maximum absolute atomic E-state index is 13.0. The Hall–Kier alpha value is -0.960. The summed E-state index contributed by atoms with van der Waals surface area (Å²) in [6.07, 6.45) is 0.528. The van der Waals surface area contributed by atoms with Crippen LogP contribution < -0.4 is 0 Å². The molecule has 0 aromatic heterocycles. The third-order valence-corrected chi connectivity index (χ3v) is 2.56. The first kappa shape index (κ1) is 12.1. The van der Waals surface area contributed by atoms with Crippen LogP contribution in [0.4, 0.5) is 8.78 Å². The predicted molar refractivity (Wildman–Crippen MR) is 55.6 cm³/mol. The normalized spacial score (nSPS) is 13.2. The monoisotopic (exact) mass is 214 g/mol. The minimum atomic E-state index is -0.561. The summed E-state index contributed by atoms with van der Waals surface area (Å²) in [5, 5.41) is 8.90. The van der Waals surface area contributed by atoms with E-state index in [2.05, 4.69) is 0 Å². The van der Waals surface area contributed by atoms with E-state index in [9.17, 15) is 8.78 Å². The summed E-state index contributed by atoms with van der Waals surface area (Å²) in [6.45, 7) is 3.98. The molecule has 15 heavy (non-hydrogen) atoms. The van der Waals surface area contributed by atoms with Crippen molar-refractivity contribution < 1.29 is 13.9 Å². The molecular formula is C12H16F2O. The third kappa shape index (κ3) is 3.27. The smallest absolute Gasteiger partial charge is 0.126 e. The summed E-state index contributed by atoms with van der Waals surface area (Å²) in [7, 11) is 0. The molecule has 0 aliphatic heterocycles. The molecule has 1 aromatic rings. The van der Waals surface area contributed by atoms with Crippen LogP contribution in [0.5, 0.6) is 0 Å². The second-order valence-electron chi connectivity index (χ2n) is 4.07. The maximum Gasteiger partial charge on any atom is 0.126 e. The molecule has 0 spiro atoms. The molecule has 0 aliphatic carbocycles. The van der Waals surface area contributed by atoms with Crippen LogP contribution in [0.1, 0.15) is 31.7 Å². The van der Waals surface area contributed by atoms with Crippen molar-refractivity contribution in [2.45, 2.75) is 26.2 Å². The van der Waals surface area contributed by atoms with Crippen molar-refractivity contribution in [2.24, 2.45) is 5.92 Å². The summed E-state index contributed by atoms with van der Waals surface area (Å²) in [6, 6.07) is 3.53. The zero-order valence-electron chi connectivity index (χ0n) is 9.00. The average molecular weight is 214 g/mol. The SMILES string of the molecule is CC(C)C(CCO)c1cc(F)cc(F)c1. The van der Waals surface area contributed by atoms with Crippen LogP contribution in [-0.2, 0) is 0 Å². The van der Waals surface area contributed by atoms with Gasteiger partial charge in [-0.05, 0) is 36.0 Å². The lowest BCUT2D eigenvalue weighted by molar-refractivity contribution is 0.261. The summed E-state index contributed by atoms with van der Waals surface area (Å²) < 4.78 is 26.0. The fourth-order valence-corrected chi connectivity index (χ4v) is 1.81. The Bertz CT molecular complexity index is 303. The first-order chi connectivity index (χ1) is 7.04. The first-order valence-electron chi connectivity index (χ1n) is 5.11. The van der Waals surface area contributed by atoms with E-state index in [-0.39, 0.29) is 18.4 Å². The molecule has 0 saturated carbocycles. The Kier molecular flexibility index (Phi) is 4.21. The number of hydrogen-bond acceptors (Lipinski definition) is 1. The van der Waals surface area contributed by atoms with Gasteiger partial charge >= 0.3 is 0 Å². The third-order valence-electron chi connectivity index (χ3n) is 2.56. The Balaban J connectivity index is 2.99. The van der Waals surface area contributed by atoms with Gasteiger partial charge in [0.05, 0.1) is 0 Å². The number of aliphatic hydroxyl groups is 1. The number of benzene rings is 1. The molecule has 1 aromatic carbocycles. The van der Waals surface area contributed by atoms with Crippen LogP contribution in [-0.4, -0.2) is 11.7 Å². The van der Waals surface area contributed by atoms with Crippen molar-refractivity contribution >= 4 is 0 Å². The van der Waals surface area contributed by atoms with Crippen molar-refractivity contribution in [3.8, 4) is 0 Å². The van der Waals surface area contributed by atoms with Gasteiger partial charge < -0.3 is 5.11 Å². The molecule has 1 unspecified atom stereocenters. The van der Waals surface area contributed by atoms with E-state index in [1.807, 2.05) is 13.8 Å². The molecule has 1 nitrogen and oxygen atoms in total. The number of rotatable bonds is 4. The van der Waals surface area contributed by atoms with Crippen LogP contribution in [0.3, 0.4) is 0 Å². The highest BCUT2D eigenvalue weighted by atomic mass is 19.1. The Labute approximate surface area is 88.7 Å². The summed E-state index contributed by atoms with van der Waals surface area (Å²) in [4.78, 5) is 0. The quantitative estimate of drug-likeness (QED) is 0.816. The van der Waals surface area contributed by atoms with E-state index in [4.69, 9.17) is 5.11 Å². The fraction of sp³-hybridized carbons (Fsp3) is 0.500. The molecule has 0 aliphatic rings. The lowest BCUT2D eigenvalue weighted by Gasteiger charge is -2.20. The molecular weight excluding hydrogens is 198 g/mol. The average Bonchev–Trinajstić information content (AvgIpc) is 2.11.